The highest BCUT2D eigenvalue weighted by atomic mass is 13.9. The third-order valence-corrected chi connectivity index (χ3v) is 1.77. The number of rotatable bonds is 5. The number of unbranched alkanes of at least 4 members (excludes halogenated alkanes) is 2. The Balaban J connectivity index is 3.43. The molecule has 0 amide bonds. The largest absolute Gasteiger partial charge is 0.0853 e. The zero-order chi connectivity index (χ0) is 7.82. The second kappa shape index (κ2) is 6.85. The van der Waals surface area contributed by atoms with Crippen LogP contribution in [0.3, 0.4) is 0 Å². The first kappa shape index (κ1) is 9.74. The monoisotopic (exact) mass is 139 g/mol. The van der Waals surface area contributed by atoms with Gasteiger partial charge >= 0.3 is 0 Å². The Bertz CT molecular complexity index is 84.2. The van der Waals surface area contributed by atoms with Gasteiger partial charge in [-0.2, -0.15) is 0 Å². The molecule has 0 saturated carbocycles. The van der Waals surface area contributed by atoms with Gasteiger partial charge in [-0.25, -0.2) is 0 Å². The van der Waals surface area contributed by atoms with Gasteiger partial charge in [-0.3, -0.25) is 0 Å². The molecule has 1 radical (unpaired) electrons. The molecule has 0 fully saturated rings. The van der Waals surface area contributed by atoms with Crippen LogP contribution in [0.1, 0.15) is 46.0 Å². The second-order valence-electron chi connectivity index (χ2n) is 2.61. The van der Waals surface area contributed by atoms with Crippen LogP contribution in [0.25, 0.3) is 0 Å². The van der Waals surface area contributed by atoms with E-state index < -0.39 is 0 Å². The van der Waals surface area contributed by atoms with Crippen LogP contribution in [0, 0.1) is 6.92 Å². The van der Waals surface area contributed by atoms with Gasteiger partial charge in [0.1, 0.15) is 0 Å². The molecule has 0 aliphatic carbocycles. The molecule has 0 spiro atoms. The minimum Gasteiger partial charge on any atom is -0.0853 e. The van der Waals surface area contributed by atoms with Crippen molar-refractivity contribution in [1.29, 1.82) is 0 Å². The normalized spacial score (nSPS) is 12.1. The van der Waals surface area contributed by atoms with Crippen molar-refractivity contribution in [3.05, 3.63) is 18.6 Å². The molecule has 0 rings (SSSR count). The highest BCUT2D eigenvalue weighted by molar-refractivity contribution is 5.01. The standard InChI is InChI=1S/C10H19/c1-4-7-8-9-10(5-2)6-3/h9H,2,4-8H2,1,3H3/b10-9-. The van der Waals surface area contributed by atoms with Crippen LogP contribution in [0.4, 0.5) is 0 Å². The maximum Gasteiger partial charge on any atom is -0.0320 e. The summed E-state index contributed by atoms with van der Waals surface area (Å²) in [7, 11) is 0. The molecule has 0 atom stereocenters. The van der Waals surface area contributed by atoms with E-state index in [1.807, 2.05) is 0 Å². The molecule has 0 heterocycles. The first-order valence-electron chi connectivity index (χ1n) is 4.32. The van der Waals surface area contributed by atoms with Crippen molar-refractivity contribution in [2.75, 3.05) is 0 Å². The summed E-state index contributed by atoms with van der Waals surface area (Å²) in [4.78, 5) is 0. The quantitative estimate of drug-likeness (QED) is 0.402. The summed E-state index contributed by atoms with van der Waals surface area (Å²) in [6, 6.07) is 0. The minimum atomic E-state index is 0.986. The third kappa shape index (κ3) is 4.60. The van der Waals surface area contributed by atoms with Crippen molar-refractivity contribution in [3.63, 3.8) is 0 Å². The summed E-state index contributed by atoms with van der Waals surface area (Å²) in [6.07, 6.45) is 8.37. The molecule has 59 valence electrons. The molecule has 0 N–H and O–H groups in total. The molecule has 0 bridgehead atoms. The summed E-state index contributed by atoms with van der Waals surface area (Å²) in [6.45, 7) is 8.29. The van der Waals surface area contributed by atoms with Crippen LogP contribution < -0.4 is 0 Å². The maximum absolute atomic E-state index is 3.87. The molecular weight excluding hydrogens is 120 g/mol. The lowest BCUT2D eigenvalue weighted by molar-refractivity contribution is 0.804. The van der Waals surface area contributed by atoms with E-state index in [9.17, 15) is 0 Å². The SMILES string of the molecule is [CH2]C/C(=C/CCCC)CC. The van der Waals surface area contributed by atoms with Gasteiger partial charge in [0.25, 0.3) is 0 Å². The van der Waals surface area contributed by atoms with E-state index in [1.54, 1.807) is 0 Å². The summed E-state index contributed by atoms with van der Waals surface area (Å²) >= 11 is 0. The van der Waals surface area contributed by atoms with E-state index in [1.165, 1.54) is 31.3 Å². The van der Waals surface area contributed by atoms with E-state index in [-0.39, 0.29) is 0 Å². The molecule has 0 aliphatic heterocycles. The van der Waals surface area contributed by atoms with Gasteiger partial charge < -0.3 is 0 Å². The Hall–Kier alpha value is -0.260. The highest BCUT2D eigenvalue weighted by Crippen LogP contribution is 2.07. The maximum atomic E-state index is 3.87. The fraction of sp³-hybridized carbons (Fsp3) is 0.700. The van der Waals surface area contributed by atoms with Crippen LogP contribution in [-0.2, 0) is 0 Å². The zero-order valence-corrected chi connectivity index (χ0v) is 7.32. The fourth-order valence-electron chi connectivity index (χ4n) is 0.933. The molecule has 0 unspecified atom stereocenters. The smallest absolute Gasteiger partial charge is 0.0320 e. The number of allylic oxidation sites excluding steroid dienone is 2. The van der Waals surface area contributed by atoms with Gasteiger partial charge in [0, 0.05) is 0 Å². The predicted octanol–water partition coefficient (Wildman–Crippen LogP) is 3.74. The first-order chi connectivity index (χ1) is 4.85. The Kier molecular flexibility index (Phi) is 6.68. The Morgan fingerprint density at radius 3 is 2.50 bits per heavy atom. The van der Waals surface area contributed by atoms with Crippen molar-refractivity contribution >= 4 is 0 Å². The third-order valence-electron chi connectivity index (χ3n) is 1.77. The highest BCUT2D eigenvalue weighted by Gasteiger charge is 1.87. The molecule has 0 aromatic carbocycles. The lowest BCUT2D eigenvalue weighted by Crippen LogP contribution is -1.78. The second-order valence-corrected chi connectivity index (χ2v) is 2.61. The molecule has 10 heavy (non-hydrogen) atoms. The molecule has 0 aromatic heterocycles. The minimum absolute atomic E-state index is 0.986. The van der Waals surface area contributed by atoms with Crippen LogP contribution in [-0.4, -0.2) is 0 Å². The van der Waals surface area contributed by atoms with E-state index in [0.717, 1.165) is 6.42 Å². The molecule has 0 nitrogen and oxygen atoms in total. The first-order valence-corrected chi connectivity index (χ1v) is 4.32. The lowest BCUT2D eigenvalue weighted by Gasteiger charge is -1.98. The summed E-state index contributed by atoms with van der Waals surface area (Å²) in [5.74, 6) is 0. The molecule has 0 aliphatic rings. The average molecular weight is 139 g/mol. The van der Waals surface area contributed by atoms with Crippen LogP contribution in [0.5, 0.6) is 0 Å². The van der Waals surface area contributed by atoms with Gasteiger partial charge in [0.05, 0.1) is 0 Å². The van der Waals surface area contributed by atoms with E-state index >= 15 is 0 Å². The zero-order valence-electron chi connectivity index (χ0n) is 7.32. The Labute approximate surface area is 65.3 Å². The summed E-state index contributed by atoms with van der Waals surface area (Å²) in [5.41, 5.74) is 1.51. The van der Waals surface area contributed by atoms with E-state index in [2.05, 4.69) is 26.8 Å². The molecule has 0 heteroatoms. The molecular formula is C10H19. The topological polar surface area (TPSA) is 0 Å². The van der Waals surface area contributed by atoms with E-state index in [4.69, 9.17) is 0 Å². The number of hydrogen-bond donors (Lipinski definition) is 0. The summed E-state index contributed by atoms with van der Waals surface area (Å²) < 4.78 is 0. The van der Waals surface area contributed by atoms with Crippen LogP contribution >= 0.6 is 0 Å². The van der Waals surface area contributed by atoms with E-state index in [0.29, 0.717) is 0 Å². The fourth-order valence-corrected chi connectivity index (χ4v) is 0.933. The van der Waals surface area contributed by atoms with Gasteiger partial charge in [-0.05, 0) is 26.2 Å². The number of hydrogen-bond acceptors (Lipinski definition) is 0. The Morgan fingerprint density at radius 2 is 2.10 bits per heavy atom. The van der Waals surface area contributed by atoms with Gasteiger partial charge in [0.2, 0.25) is 0 Å². The van der Waals surface area contributed by atoms with Crippen molar-refractivity contribution in [2.24, 2.45) is 0 Å². The van der Waals surface area contributed by atoms with Crippen molar-refractivity contribution in [2.45, 2.75) is 46.0 Å². The Morgan fingerprint density at radius 1 is 1.40 bits per heavy atom. The van der Waals surface area contributed by atoms with Gasteiger partial charge in [-0.1, -0.05) is 38.3 Å². The van der Waals surface area contributed by atoms with Crippen LogP contribution in [0.15, 0.2) is 11.6 Å². The van der Waals surface area contributed by atoms with Crippen LogP contribution in [0.2, 0.25) is 0 Å². The summed E-state index contributed by atoms with van der Waals surface area (Å²) in [5, 5.41) is 0. The predicted molar refractivity (Wildman–Crippen MR) is 47.9 cm³/mol. The van der Waals surface area contributed by atoms with Crippen molar-refractivity contribution < 1.29 is 0 Å². The average Bonchev–Trinajstić information content (AvgIpc) is 1.99. The van der Waals surface area contributed by atoms with Gasteiger partial charge in [0.15, 0.2) is 0 Å². The molecule has 0 saturated heterocycles. The van der Waals surface area contributed by atoms with Gasteiger partial charge in [-0.15, -0.1) is 0 Å². The van der Waals surface area contributed by atoms with Crippen molar-refractivity contribution in [1.82, 2.24) is 0 Å². The molecule has 0 aromatic rings. The lowest BCUT2D eigenvalue weighted by atomic mass is 10.1. The van der Waals surface area contributed by atoms with Crippen molar-refractivity contribution in [3.8, 4) is 0 Å².